The van der Waals surface area contributed by atoms with E-state index < -0.39 is 0 Å². The van der Waals surface area contributed by atoms with Crippen LogP contribution in [0.5, 0.6) is 0 Å². The molecule has 0 saturated heterocycles. The van der Waals surface area contributed by atoms with E-state index in [4.69, 9.17) is 9.47 Å². The van der Waals surface area contributed by atoms with Crippen molar-refractivity contribution in [2.24, 2.45) is 0 Å². The SMILES string of the molecule is COCCOCNC(=O)Nc1ccc(I)cc1. The van der Waals surface area contributed by atoms with Crippen LogP contribution < -0.4 is 10.6 Å². The molecule has 17 heavy (non-hydrogen) atoms. The minimum Gasteiger partial charge on any atom is -0.382 e. The van der Waals surface area contributed by atoms with Crippen LogP contribution in [-0.2, 0) is 9.47 Å². The summed E-state index contributed by atoms with van der Waals surface area (Å²) in [5.74, 6) is 0. The molecular formula is C11H15IN2O3. The fourth-order valence-corrected chi connectivity index (χ4v) is 1.40. The maximum atomic E-state index is 11.4. The molecule has 2 amide bonds. The number of ether oxygens (including phenoxy) is 2. The van der Waals surface area contributed by atoms with Crippen LogP contribution in [0.2, 0.25) is 0 Å². The largest absolute Gasteiger partial charge is 0.382 e. The number of rotatable bonds is 6. The van der Waals surface area contributed by atoms with Gasteiger partial charge in [0.05, 0.1) is 13.2 Å². The van der Waals surface area contributed by atoms with E-state index in [0.29, 0.717) is 13.2 Å². The van der Waals surface area contributed by atoms with E-state index in [2.05, 4.69) is 33.2 Å². The molecule has 0 spiro atoms. The van der Waals surface area contributed by atoms with E-state index in [0.717, 1.165) is 9.26 Å². The Morgan fingerprint density at radius 3 is 2.65 bits per heavy atom. The van der Waals surface area contributed by atoms with Crippen molar-refractivity contribution in [2.75, 3.05) is 32.4 Å². The first kappa shape index (κ1) is 14.2. The van der Waals surface area contributed by atoms with Gasteiger partial charge >= 0.3 is 6.03 Å². The fraction of sp³-hybridized carbons (Fsp3) is 0.364. The first-order chi connectivity index (χ1) is 8.22. The Kier molecular flexibility index (Phi) is 6.90. The van der Waals surface area contributed by atoms with Crippen molar-refractivity contribution >= 4 is 34.3 Å². The summed E-state index contributed by atoms with van der Waals surface area (Å²) in [5.41, 5.74) is 0.750. The van der Waals surface area contributed by atoms with E-state index in [-0.39, 0.29) is 12.8 Å². The molecule has 0 aliphatic carbocycles. The third-order valence-corrected chi connectivity index (χ3v) is 2.59. The van der Waals surface area contributed by atoms with Gasteiger partial charge < -0.3 is 20.1 Å². The van der Waals surface area contributed by atoms with Gasteiger partial charge in [-0.05, 0) is 46.9 Å². The van der Waals surface area contributed by atoms with Crippen molar-refractivity contribution in [2.45, 2.75) is 0 Å². The average molecular weight is 350 g/mol. The number of methoxy groups -OCH3 is 1. The molecule has 0 aromatic heterocycles. The normalized spacial score (nSPS) is 10.0. The van der Waals surface area contributed by atoms with E-state index >= 15 is 0 Å². The standard InChI is InChI=1S/C11H15IN2O3/c1-16-6-7-17-8-13-11(15)14-10-4-2-9(12)3-5-10/h2-5H,6-8H2,1H3,(H2,13,14,15). The van der Waals surface area contributed by atoms with Crippen LogP contribution in [0.1, 0.15) is 0 Å². The number of hydrogen-bond donors (Lipinski definition) is 2. The maximum absolute atomic E-state index is 11.4. The lowest BCUT2D eigenvalue weighted by Crippen LogP contribution is -2.31. The highest BCUT2D eigenvalue weighted by molar-refractivity contribution is 14.1. The number of nitrogens with one attached hydrogen (secondary N) is 2. The number of carbonyl (C=O) groups excluding carboxylic acids is 1. The zero-order valence-corrected chi connectivity index (χ0v) is 11.7. The lowest BCUT2D eigenvalue weighted by Gasteiger charge is -2.08. The lowest BCUT2D eigenvalue weighted by atomic mass is 10.3. The predicted octanol–water partition coefficient (Wildman–Crippen LogP) is 2.03. The van der Waals surface area contributed by atoms with Gasteiger partial charge in [0.1, 0.15) is 6.73 Å². The van der Waals surface area contributed by atoms with Gasteiger partial charge in [0.25, 0.3) is 0 Å². The molecule has 1 rings (SSSR count). The molecule has 6 heteroatoms. The fourth-order valence-electron chi connectivity index (χ4n) is 1.04. The van der Waals surface area contributed by atoms with Crippen molar-refractivity contribution in [3.05, 3.63) is 27.8 Å². The van der Waals surface area contributed by atoms with Crippen LogP contribution >= 0.6 is 22.6 Å². The molecule has 0 saturated carbocycles. The molecule has 0 radical (unpaired) electrons. The molecule has 1 aromatic carbocycles. The van der Waals surface area contributed by atoms with Gasteiger partial charge in [-0.2, -0.15) is 0 Å². The molecule has 0 unspecified atom stereocenters. The summed E-state index contributed by atoms with van der Waals surface area (Å²) >= 11 is 2.21. The van der Waals surface area contributed by atoms with Crippen molar-refractivity contribution in [3.8, 4) is 0 Å². The van der Waals surface area contributed by atoms with Crippen LogP contribution in [0.25, 0.3) is 0 Å². The topological polar surface area (TPSA) is 59.6 Å². The smallest absolute Gasteiger partial charge is 0.321 e. The molecule has 0 heterocycles. The highest BCUT2D eigenvalue weighted by Crippen LogP contribution is 2.10. The minimum absolute atomic E-state index is 0.166. The molecule has 0 aliphatic rings. The number of benzene rings is 1. The highest BCUT2D eigenvalue weighted by Gasteiger charge is 2.00. The number of urea groups is 1. The van der Waals surface area contributed by atoms with Crippen LogP contribution in [0, 0.1) is 3.57 Å². The number of anilines is 1. The summed E-state index contributed by atoms with van der Waals surface area (Å²) in [4.78, 5) is 11.4. The van der Waals surface area contributed by atoms with Gasteiger partial charge in [0, 0.05) is 16.4 Å². The zero-order chi connectivity index (χ0) is 12.5. The van der Waals surface area contributed by atoms with Crippen molar-refractivity contribution < 1.29 is 14.3 Å². The minimum atomic E-state index is -0.288. The van der Waals surface area contributed by atoms with Crippen molar-refractivity contribution in [3.63, 3.8) is 0 Å². The maximum Gasteiger partial charge on any atom is 0.321 e. The number of amides is 2. The van der Waals surface area contributed by atoms with Crippen LogP contribution in [0.15, 0.2) is 24.3 Å². The summed E-state index contributed by atoms with van der Waals surface area (Å²) in [6.45, 7) is 1.14. The van der Waals surface area contributed by atoms with Gasteiger partial charge in [0.2, 0.25) is 0 Å². The van der Waals surface area contributed by atoms with E-state index in [1.165, 1.54) is 0 Å². The Balaban J connectivity index is 2.18. The number of carbonyl (C=O) groups is 1. The quantitative estimate of drug-likeness (QED) is 0.469. The Hall–Kier alpha value is -0.860. The van der Waals surface area contributed by atoms with E-state index in [1.807, 2.05) is 24.3 Å². The third-order valence-electron chi connectivity index (χ3n) is 1.87. The average Bonchev–Trinajstić information content (AvgIpc) is 2.32. The monoisotopic (exact) mass is 350 g/mol. The summed E-state index contributed by atoms with van der Waals surface area (Å²) < 4.78 is 11.0. The molecule has 0 fully saturated rings. The Morgan fingerprint density at radius 2 is 2.00 bits per heavy atom. The summed E-state index contributed by atoms with van der Waals surface area (Å²) in [6.07, 6.45) is 0. The highest BCUT2D eigenvalue weighted by atomic mass is 127. The Bertz CT molecular complexity index is 343. The second-order valence-corrected chi connectivity index (χ2v) is 4.43. The van der Waals surface area contributed by atoms with Gasteiger partial charge in [0.15, 0.2) is 0 Å². The summed E-state index contributed by atoms with van der Waals surface area (Å²) in [6, 6.07) is 7.24. The van der Waals surface area contributed by atoms with Crippen LogP contribution in [0.3, 0.4) is 0 Å². The van der Waals surface area contributed by atoms with Crippen LogP contribution in [0.4, 0.5) is 10.5 Å². The summed E-state index contributed by atoms with van der Waals surface area (Å²) in [7, 11) is 1.60. The van der Waals surface area contributed by atoms with Crippen LogP contribution in [-0.4, -0.2) is 33.1 Å². The lowest BCUT2D eigenvalue weighted by molar-refractivity contribution is 0.0650. The second-order valence-electron chi connectivity index (χ2n) is 3.18. The van der Waals surface area contributed by atoms with Gasteiger partial charge in [-0.3, -0.25) is 0 Å². The molecule has 0 aliphatic heterocycles. The first-order valence-corrected chi connectivity index (χ1v) is 6.17. The molecule has 1 aromatic rings. The van der Waals surface area contributed by atoms with E-state index in [9.17, 15) is 4.79 Å². The number of hydrogen-bond acceptors (Lipinski definition) is 3. The molecule has 0 bridgehead atoms. The van der Waals surface area contributed by atoms with Gasteiger partial charge in [-0.15, -0.1) is 0 Å². The third kappa shape index (κ3) is 6.44. The van der Waals surface area contributed by atoms with Crippen molar-refractivity contribution in [1.82, 2.24) is 5.32 Å². The number of halogens is 1. The molecule has 94 valence electrons. The Labute approximate surface area is 114 Å². The first-order valence-electron chi connectivity index (χ1n) is 5.09. The van der Waals surface area contributed by atoms with Crippen molar-refractivity contribution in [1.29, 1.82) is 0 Å². The molecule has 0 atom stereocenters. The zero-order valence-electron chi connectivity index (χ0n) is 9.53. The molecule has 5 nitrogen and oxygen atoms in total. The molecule has 2 N–H and O–H groups in total. The van der Waals surface area contributed by atoms with Gasteiger partial charge in [-0.25, -0.2) is 4.79 Å². The van der Waals surface area contributed by atoms with E-state index in [1.54, 1.807) is 7.11 Å². The predicted molar refractivity (Wildman–Crippen MR) is 74.0 cm³/mol. The summed E-state index contributed by atoms with van der Waals surface area (Å²) in [5, 5.41) is 5.27. The second kappa shape index (κ2) is 8.26. The Morgan fingerprint density at radius 1 is 1.29 bits per heavy atom. The molecular weight excluding hydrogens is 335 g/mol. The van der Waals surface area contributed by atoms with Gasteiger partial charge in [-0.1, -0.05) is 0 Å².